The molecule has 0 aliphatic carbocycles. The second kappa shape index (κ2) is 7.51. The van der Waals surface area contributed by atoms with E-state index in [0.29, 0.717) is 0 Å². The van der Waals surface area contributed by atoms with Crippen molar-refractivity contribution in [2.24, 2.45) is 0 Å². The predicted octanol–water partition coefficient (Wildman–Crippen LogP) is 4.47. The maximum Gasteiger partial charge on any atom is 0.331 e. The summed E-state index contributed by atoms with van der Waals surface area (Å²) < 4.78 is 17.3. The van der Waals surface area contributed by atoms with E-state index < -0.39 is 5.60 Å². The normalized spacial score (nSPS) is 17.6. The topological polar surface area (TPSA) is 44.8 Å². The van der Waals surface area contributed by atoms with E-state index in [4.69, 9.17) is 14.2 Å². The van der Waals surface area contributed by atoms with Crippen LogP contribution < -0.4 is 9.47 Å². The summed E-state index contributed by atoms with van der Waals surface area (Å²) in [5.41, 5.74) is 2.99. The van der Waals surface area contributed by atoms with Crippen molar-refractivity contribution in [1.82, 2.24) is 0 Å². The molecule has 0 spiro atoms. The Labute approximate surface area is 150 Å². The van der Waals surface area contributed by atoms with Crippen LogP contribution in [-0.2, 0) is 22.4 Å². The number of benzene rings is 1. The van der Waals surface area contributed by atoms with Gasteiger partial charge in [-0.15, -0.1) is 0 Å². The van der Waals surface area contributed by atoms with Crippen molar-refractivity contribution in [3.63, 3.8) is 0 Å². The Balaban J connectivity index is 1.99. The highest BCUT2D eigenvalue weighted by molar-refractivity contribution is 5.88. The Morgan fingerprint density at radius 2 is 1.56 bits per heavy atom. The Morgan fingerprint density at radius 3 is 2.08 bits per heavy atom. The Kier molecular flexibility index (Phi) is 5.36. The summed E-state index contributed by atoms with van der Waals surface area (Å²) in [5.74, 6) is 1.49. The zero-order chi connectivity index (χ0) is 17.9. The van der Waals surface area contributed by atoms with Gasteiger partial charge in [-0.3, -0.25) is 0 Å². The number of rotatable bonds is 2. The predicted molar refractivity (Wildman–Crippen MR) is 98.2 cm³/mol. The van der Waals surface area contributed by atoms with Crippen molar-refractivity contribution in [2.75, 3.05) is 13.2 Å². The molecular weight excluding hydrogens is 316 g/mol. The monoisotopic (exact) mass is 344 g/mol. The molecule has 4 nitrogen and oxygen atoms in total. The van der Waals surface area contributed by atoms with Crippen molar-refractivity contribution >= 4 is 12.0 Å². The maximum absolute atomic E-state index is 12.1. The minimum absolute atomic E-state index is 0.317. The molecule has 0 radical (unpaired) electrons. The van der Waals surface area contributed by atoms with E-state index in [1.54, 1.807) is 0 Å². The lowest BCUT2D eigenvalue weighted by Gasteiger charge is -2.19. The lowest BCUT2D eigenvalue weighted by molar-refractivity contribution is -0.148. The van der Waals surface area contributed by atoms with Gasteiger partial charge in [0.25, 0.3) is 0 Å². The van der Waals surface area contributed by atoms with E-state index in [2.05, 4.69) is 0 Å². The molecule has 3 rings (SSSR count). The average molecular weight is 344 g/mol. The van der Waals surface area contributed by atoms with Crippen LogP contribution >= 0.6 is 0 Å². The fourth-order valence-electron chi connectivity index (χ4n) is 3.37. The summed E-state index contributed by atoms with van der Waals surface area (Å²) >= 11 is 0. The van der Waals surface area contributed by atoms with Gasteiger partial charge >= 0.3 is 5.97 Å². The van der Waals surface area contributed by atoms with Crippen molar-refractivity contribution in [3.8, 4) is 11.5 Å². The first-order valence-corrected chi connectivity index (χ1v) is 9.29. The van der Waals surface area contributed by atoms with Crippen LogP contribution in [0, 0.1) is 0 Å². The van der Waals surface area contributed by atoms with Gasteiger partial charge in [-0.05, 0) is 70.9 Å². The number of hydrogen-bond donors (Lipinski definition) is 0. The van der Waals surface area contributed by atoms with Crippen LogP contribution in [0.4, 0.5) is 0 Å². The third-order valence-electron chi connectivity index (χ3n) is 4.46. The Hall–Kier alpha value is -1.97. The smallest absolute Gasteiger partial charge is 0.331 e. The highest BCUT2D eigenvalue weighted by atomic mass is 16.6. The van der Waals surface area contributed by atoms with E-state index in [-0.39, 0.29) is 5.97 Å². The highest BCUT2D eigenvalue weighted by Gasteiger charge is 2.22. The fourth-order valence-corrected chi connectivity index (χ4v) is 3.37. The zero-order valence-electron chi connectivity index (χ0n) is 15.5. The molecule has 2 aliphatic heterocycles. The van der Waals surface area contributed by atoms with Crippen LogP contribution in [0.25, 0.3) is 6.08 Å². The number of fused-ring (bicyclic) bond motifs is 2. The number of ether oxygens (including phenoxy) is 3. The molecule has 0 atom stereocenters. The van der Waals surface area contributed by atoms with Crippen LogP contribution in [0.5, 0.6) is 11.5 Å². The summed E-state index contributed by atoms with van der Waals surface area (Å²) in [6, 6.07) is 2.05. The van der Waals surface area contributed by atoms with Crippen LogP contribution in [-0.4, -0.2) is 24.8 Å². The molecule has 0 unspecified atom stereocenters. The van der Waals surface area contributed by atoms with Gasteiger partial charge in [0.15, 0.2) is 0 Å². The van der Waals surface area contributed by atoms with Crippen molar-refractivity contribution < 1.29 is 19.0 Å². The molecule has 136 valence electrons. The summed E-state index contributed by atoms with van der Waals surface area (Å²) in [7, 11) is 0. The van der Waals surface area contributed by atoms with E-state index in [0.717, 1.165) is 68.8 Å². The molecule has 0 N–H and O–H groups in total. The van der Waals surface area contributed by atoms with Gasteiger partial charge in [-0.2, -0.15) is 0 Å². The molecule has 1 aromatic rings. The lowest BCUT2D eigenvalue weighted by atomic mass is 9.93. The standard InChI is InChI=1S/C21H28O4/c1-21(2,3)25-20(22)11-10-15-16-8-4-6-12-23-18(16)14-19-17(15)9-5-7-13-24-19/h10-11,14H,4-9,12-13H2,1-3H3/b11-10+. The molecule has 0 aromatic heterocycles. The molecule has 2 aliphatic rings. The van der Waals surface area contributed by atoms with Crippen LogP contribution in [0.15, 0.2) is 12.1 Å². The Bertz CT molecular complexity index is 631. The van der Waals surface area contributed by atoms with Gasteiger partial charge in [0, 0.05) is 23.3 Å². The van der Waals surface area contributed by atoms with Crippen LogP contribution in [0.3, 0.4) is 0 Å². The minimum Gasteiger partial charge on any atom is -0.493 e. The average Bonchev–Trinajstić information content (AvgIpc) is 2.89. The second-order valence-electron chi connectivity index (χ2n) is 7.72. The number of carbonyl (C=O) groups is 1. The van der Waals surface area contributed by atoms with Crippen LogP contribution in [0.1, 0.15) is 63.1 Å². The molecule has 0 fully saturated rings. The first-order chi connectivity index (χ1) is 11.9. The number of carbonyl (C=O) groups excluding carboxylic acids is 1. The SMILES string of the molecule is CC(C)(C)OC(=O)/C=C/c1c2c(cc3c1CCCCO3)OCCCC2. The Morgan fingerprint density at radius 1 is 1.00 bits per heavy atom. The van der Waals surface area contributed by atoms with Gasteiger partial charge in [0.2, 0.25) is 0 Å². The third kappa shape index (κ3) is 4.56. The van der Waals surface area contributed by atoms with E-state index in [1.165, 1.54) is 17.2 Å². The van der Waals surface area contributed by atoms with Crippen molar-refractivity contribution in [1.29, 1.82) is 0 Å². The molecule has 0 saturated heterocycles. The molecular formula is C21H28O4. The largest absolute Gasteiger partial charge is 0.493 e. The van der Waals surface area contributed by atoms with Crippen molar-refractivity contribution in [3.05, 3.63) is 28.8 Å². The lowest BCUT2D eigenvalue weighted by Crippen LogP contribution is -2.22. The van der Waals surface area contributed by atoms with Gasteiger partial charge < -0.3 is 14.2 Å². The minimum atomic E-state index is -0.488. The second-order valence-corrected chi connectivity index (χ2v) is 7.72. The highest BCUT2D eigenvalue weighted by Crippen LogP contribution is 2.39. The molecule has 0 bridgehead atoms. The van der Waals surface area contributed by atoms with Gasteiger partial charge in [0.05, 0.1) is 13.2 Å². The van der Waals surface area contributed by atoms with Crippen molar-refractivity contribution in [2.45, 2.75) is 64.9 Å². The molecule has 1 aromatic carbocycles. The van der Waals surface area contributed by atoms with Gasteiger partial charge in [-0.1, -0.05) is 0 Å². The number of hydrogen-bond acceptors (Lipinski definition) is 4. The molecule has 2 heterocycles. The third-order valence-corrected chi connectivity index (χ3v) is 4.46. The summed E-state index contributed by atoms with van der Waals surface area (Å²) in [5, 5.41) is 0. The fraction of sp³-hybridized carbons (Fsp3) is 0.571. The van der Waals surface area contributed by atoms with Gasteiger partial charge in [-0.25, -0.2) is 4.79 Å². The first-order valence-electron chi connectivity index (χ1n) is 9.29. The summed E-state index contributed by atoms with van der Waals surface area (Å²) in [6.45, 7) is 7.10. The first kappa shape index (κ1) is 17.8. The summed E-state index contributed by atoms with van der Waals surface area (Å²) in [6.07, 6.45) is 9.67. The molecule has 0 saturated carbocycles. The van der Waals surface area contributed by atoms with E-state index >= 15 is 0 Å². The molecule has 25 heavy (non-hydrogen) atoms. The van der Waals surface area contributed by atoms with E-state index in [9.17, 15) is 4.79 Å². The maximum atomic E-state index is 12.1. The molecule has 0 amide bonds. The zero-order valence-corrected chi connectivity index (χ0v) is 15.5. The van der Waals surface area contributed by atoms with Crippen LogP contribution in [0.2, 0.25) is 0 Å². The van der Waals surface area contributed by atoms with Gasteiger partial charge in [0.1, 0.15) is 17.1 Å². The quantitative estimate of drug-likeness (QED) is 0.586. The van der Waals surface area contributed by atoms with E-state index in [1.807, 2.05) is 32.9 Å². The summed E-state index contributed by atoms with van der Waals surface area (Å²) in [4.78, 5) is 12.1. The molecule has 4 heteroatoms. The number of esters is 1.